The van der Waals surface area contributed by atoms with E-state index >= 15 is 0 Å². The number of fused-ring (bicyclic) bond motifs is 1. The molecule has 1 saturated carbocycles. The molecule has 1 heterocycles. The van der Waals surface area contributed by atoms with Gasteiger partial charge in [0.2, 0.25) is 0 Å². The Balaban J connectivity index is 1.89. The fraction of sp³-hybridized carbons (Fsp3) is 0.500. The molecule has 0 atom stereocenters. The molecule has 1 aliphatic heterocycles. The molecule has 0 unspecified atom stereocenters. The highest BCUT2D eigenvalue weighted by Gasteiger charge is 2.28. The van der Waals surface area contributed by atoms with E-state index in [2.05, 4.69) is 17.0 Å². The number of hydrogen-bond acceptors (Lipinski definition) is 2. The summed E-state index contributed by atoms with van der Waals surface area (Å²) < 4.78 is 0. The van der Waals surface area contributed by atoms with Crippen LogP contribution in [0.15, 0.2) is 18.2 Å². The third-order valence-electron chi connectivity index (χ3n) is 3.66. The Morgan fingerprint density at radius 2 is 2.25 bits per heavy atom. The van der Waals surface area contributed by atoms with Crippen LogP contribution in [0.25, 0.3) is 0 Å². The summed E-state index contributed by atoms with van der Waals surface area (Å²) in [7, 11) is 0. The van der Waals surface area contributed by atoms with Crippen LogP contribution in [-0.4, -0.2) is 18.9 Å². The van der Waals surface area contributed by atoms with E-state index in [0.717, 1.165) is 24.4 Å². The molecule has 1 aliphatic carbocycles. The fourth-order valence-corrected chi connectivity index (χ4v) is 2.47. The molecule has 2 aliphatic rings. The Labute approximate surface area is 96.3 Å². The van der Waals surface area contributed by atoms with E-state index in [1.807, 2.05) is 6.07 Å². The average molecular weight is 215 g/mol. The minimum atomic E-state index is 0.168. The predicted octanol–water partition coefficient (Wildman–Crippen LogP) is 2.66. The summed E-state index contributed by atoms with van der Waals surface area (Å²) in [4.78, 5) is 13.8. The highest BCUT2D eigenvalue weighted by Crippen LogP contribution is 2.35. The van der Waals surface area contributed by atoms with Gasteiger partial charge in [-0.25, -0.2) is 0 Å². The predicted molar refractivity (Wildman–Crippen MR) is 65.1 cm³/mol. The standard InChI is InChI=1S/C14H17NO/c1-10(16)13-5-4-12-6-7-15(14(12)8-13)9-11-2-3-11/h4-5,8,11H,2-3,6-7,9H2,1H3. The van der Waals surface area contributed by atoms with Gasteiger partial charge in [-0.15, -0.1) is 0 Å². The summed E-state index contributed by atoms with van der Waals surface area (Å²) in [5.41, 5.74) is 3.56. The van der Waals surface area contributed by atoms with Crippen LogP contribution >= 0.6 is 0 Å². The van der Waals surface area contributed by atoms with Crippen molar-refractivity contribution in [2.24, 2.45) is 5.92 Å². The van der Waals surface area contributed by atoms with Crippen molar-refractivity contribution < 1.29 is 4.79 Å². The van der Waals surface area contributed by atoms with Gasteiger partial charge in [0.25, 0.3) is 0 Å². The molecular weight excluding hydrogens is 198 g/mol. The Morgan fingerprint density at radius 1 is 1.44 bits per heavy atom. The van der Waals surface area contributed by atoms with Gasteiger partial charge in [0, 0.05) is 24.3 Å². The SMILES string of the molecule is CC(=O)c1ccc2c(c1)N(CC1CC1)CC2. The molecule has 0 N–H and O–H groups in total. The van der Waals surface area contributed by atoms with Crippen LogP contribution in [0, 0.1) is 5.92 Å². The van der Waals surface area contributed by atoms with Gasteiger partial charge in [-0.2, -0.15) is 0 Å². The van der Waals surface area contributed by atoms with Crippen molar-refractivity contribution >= 4 is 11.5 Å². The van der Waals surface area contributed by atoms with Gasteiger partial charge in [0.15, 0.2) is 5.78 Å². The van der Waals surface area contributed by atoms with Crippen molar-refractivity contribution in [3.8, 4) is 0 Å². The molecule has 0 saturated heterocycles. The topological polar surface area (TPSA) is 20.3 Å². The second-order valence-electron chi connectivity index (χ2n) is 5.04. The monoisotopic (exact) mass is 215 g/mol. The van der Waals surface area contributed by atoms with Crippen molar-refractivity contribution in [1.82, 2.24) is 0 Å². The Kier molecular flexibility index (Phi) is 2.23. The summed E-state index contributed by atoms with van der Waals surface area (Å²) in [6.45, 7) is 3.96. The van der Waals surface area contributed by atoms with E-state index in [1.165, 1.54) is 30.6 Å². The molecule has 2 heteroatoms. The molecule has 0 aromatic heterocycles. The van der Waals surface area contributed by atoms with E-state index < -0.39 is 0 Å². The quantitative estimate of drug-likeness (QED) is 0.722. The molecule has 1 aromatic carbocycles. The van der Waals surface area contributed by atoms with E-state index in [1.54, 1.807) is 6.92 Å². The molecule has 1 aromatic rings. The number of carbonyl (C=O) groups excluding carboxylic acids is 1. The Hall–Kier alpha value is -1.31. The lowest BCUT2D eigenvalue weighted by Crippen LogP contribution is -2.23. The molecule has 0 radical (unpaired) electrons. The smallest absolute Gasteiger partial charge is 0.159 e. The van der Waals surface area contributed by atoms with Gasteiger partial charge in [0.1, 0.15) is 0 Å². The second kappa shape index (κ2) is 3.62. The maximum atomic E-state index is 11.4. The maximum Gasteiger partial charge on any atom is 0.159 e. The van der Waals surface area contributed by atoms with Gasteiger partial charge in [-0.1, -0.05) is 12.1 Å². The lowest BCUT2D eigenvalue weighted by molar-refractivity contribution is 0.101. The van der Waals surface area contributed by atoms with Crippen LogP contribution < -0.4 is 4.90 Å². The van der Waals surface area contributed by atoms with Crippen molar-refractivity contribution in [1.29, 1.82) is 0 Å². The van der Waals surface area contributed by atoms with Crippen molar-refractivity contribution in [2.45, 2.75) is 26.2 Å². The number of hydrogen-bond donors (Lipinski definition) is 0. The number of nitrogens with zero attached hydrogens (tertiary/aromatic N) is 1. The normalized spacial score (nSPS) is 18.7. The first-order chi connectivity index (χ1) is 7.74. The van der Waals surface area contributed by atoms with E-state index in [9.17, 15) is 4.79 Å². The van der Waals surface area contributed by atoms with Crippen LogP contribution in [-0.2, 0) is 6.42 Å². The second-order valence-corrected chi connectivity index (χ2v) is 5.04. The first-order valence-electron chi connectivity index (χ1n) is 6.13. The van der Waals surface area contributed by atoms with Crippen LogP contribution in [0.1, 0.15) is 35.7 Å². The summed E-state index contributed by atoms with van der Waals surface area (Å²) in [6, 6.07) is 6.16. The van der Waals surface area contributed by atoms with Crippen LogP contribution in [0.2, 0.25) is 0 Å². The van der Waals surface area contributed by atoms with Gasteiger partial charge in [0.05, 0.1) is 0 Å². The third kappa shape index (κ3) is 1.73. The minimum absolute atomic E-state index is 0.168. The van der Waals surface area contributed by atoms with Crippen molar-refractivity contribution in [2.75, 3.05) is 18.0 Å². The zero-order valence-electron chi connectivity index (χ0n) is 9.70. The first kappa shape index (κ1) is 9.88. The zero-order valence-corrected chi connectivity index (χ0v) is 9.70. The lowest BCUT2D eigenvalue weighted by atomic mass is 10.1. The molecule has 3 rings (SSSR count). The van der Waals surface area contributed by atoms with Gasteiger partial charge >= 0.3 is 0 Å². The fourth-order valence-electron chi connectivity index (χ4n) is 2.47. The highest BCUT2D eigenvalue weighted by molar-refractivity contribution is 5.95. The molecule has 0 bridgehead atoms. The highest BCUT2D eigenvalue weighted by atomic mass is 16.1. The lowest BCUT2D eigenvalue weighted by Gasteiger charge is -2.19. The number of ketones is 1. The van der Waals surface area contributed by atoms with Crippen LogP contribution in [0.5, 0.6) is 0 Å². The third-order valence-corrected chi connectivity index (χ3v) is 3.66. The molecule has 0 amide bonds. The van der Waals surface area contributed by atoms with E-state index in [-0.39, 0.29) is 5.78 Å². The summed E-state index contributed by atoms with van der Waals surface area (Å²) in [5.74, 6) is 1.08. The number of Topliss-reactive ketones (excluding diaryl/α,β-unsaturated/α-hetero) is 1. The van der Waals surface area contributed by atoms with E-state index in [0.29, 0.717) is 0 Å². The minimum Gasteiger partial charge on any atom is -0.371 e. The first-order valence-corrected chi connectivity index (χ1v) is 6.13. The van der Waals surface area contributed by atoms with Gasteiger partial charge < -0.3 is 4.90 Å². The summed E-state index contributed by atoms with van der Waals surface area (Å²) >= 11 is 0. The van der Waals surface area contributed by atoms with E-state index in [4.69, 9.17) is 0 Å². The average Bonchev–Trinajstić information content (AvgIpc) is 2.99. The Bertz CT molecular complexity index is 434. The molecular formula is C14H17NO. The molecule has 0 spiro atoms. The molecule has 2 nitrogen and oxygen atoms in total. The zero-order chi connectivity index (χ0) is 11.1. The number of anilines is 1. The van der Waals surface area contributed by atoms with Gasteiger partial charge in [-0.05, 0) is 43.7 Å². The molecule has 84 valence electrons. The number of carbonyl (C=O) groups is 1. The largest absolute Gasteiger partial charge is 0.371 e. The van der Waals surface area contributed by atoms with Crippen LogP contribution in [0.3, 0.4) is 0 Å². The summed E-state index contributed by atoms with van der Waals surface area (Å²) in [6.07, 6.45) is 3.91. The van der Waals surface area contributed by atoms with Crippen molar-refractivity contribution in [3.05, 3.63) is 29.3 Å². The Morgan fingerprint density at radius 3 is 2.94 bits per heavy atom. The summed E-state index contributed by atoms with van der Waals surface area (Å²) in [5, 5.41) is 0. The van der Waals surface area contributed by atoms with Crippen LogP contribution in [0.4, 0.5) is 5.69 Å². The number of rotatable bonds is 3. The molecule has 16 heavy (non-hydrogen) atoms. The molecule has 1 fully saturated rings. The maximum absolute atomic E-state index is 11.4. The van der Waals surface area contributed by atoms with Crippen molar-refractivity contribution in [3.63, 3.8) is 0 Å². The van der Waals surface area contributed by atoms with Gasteiger partial charge in [-0.3, -0.25) is 4.79 Å². The number of benzene rings is 1.